The van der Waals surface area contributed by atoms with E-state index in [2.05, 4.69) is 4.98 Å². The highest BCUT2D eigenvalue weighted by Gasteiger charge is 2.44. The fraction of sp³-hybridized carbons (Fsp3) is 0.500. The maximum atomic E-state index is 14.1. The number of halogens is 4. The third kappa shape index (κ3) is 2.85. The molecule has 1 aromatic rings. The van der Waals surface area contributed by atoms with Gasteiger partial charge < -0.3 is 9.47 Å². The van der Waals surface area contributed by atoms with E-state index in [-0.39, 0.29) is 29.1 Å². The van der Waals surface area contributed by atoms with Crippen LogP contribution in [0.1, 0.15) is 5.56 Å². The second-order valence-corrected chi connectivity index (χ2v) is 4.33. The smallest absolute Gasteiger partial charge is 0.301 e. The summed E-state index contributed by atoms with van der Waals surface area (Å²) in [4.78, 5) is 3.62. The van der Waals surface area contributed by atoms with Gasteiger partial charge in [-0.1, -0.05) is 23.2 Å². The van der Waals surface area contributed by atoms with Gasteiger partial charge in [0.15, 0.2) is 0 Å². The molecule has 0 spiro atoms. The number of hydrogen-bond acceptors (Lipinski definition) is 3. The lowest BCUT2D eigenvalue weighted by molar-refractivity contribution is -0.199. The fourth-order valence-corrected chi connectivity index (χ4v) is 2.00. The minimum atomic E-state index is -3.21. The fourth-order valence-electron chi connectivity index (χ4n) is 1.54. The van der Waals surface area contributed by atoms with Crippen molar-refractivity contribution in [2.75, 3.05) is 19.8 Å². The Bertz CT molecular complexity index is 391. The van der Waals surface area contributed by atoms with Gasteiger partial charge in [0.1, 0.15) is 16.4 Å². The largest absolute Gasteiger partial charge is 0.376 e. The quantitative estimate of drug-likeness (QED) is 0.782. The number of ether oxygens (including phenoxy) is 2. The summed E-state index contributed by atoms with van der Waals surface area (Å²) in [5.41, 5.74) is -0.321. The van der Waals surface area contributed by atoms with E-state index in [1.807, 2.05) is 0 Å². The molecule has 0 aliphatic carbocycles. The standard InChI is InChI=1S/C10H9Cl2F2NO2/c11-8-3-6(4-9(12)15-8)10(13,14)7-5-16-1-2-17-7/h3-4,7H,1-2,5H2. The first-order valence-electron chi connectivity index (χ1n) is 4.91. The van der Waals surface area contributed by atoms with Crippen LogP contribution < -0.4 is 0 Å². The lowest BCUT2D eigenvalue weighted by atomic mass is 10.0. The second kappa shape index (κ2) is 5.02. The maximum Gasteiger partial charge on any atom is 0.301 e. The number of aromatic nitrogens is 1. The molecule has 94 valence electrons. The minimum absolute atomic E-state index is 0.0797. The average Bonchev–Trinajstić information content (AvgIpc) is 2.29. The van der Waals surface area contributed by atoms with Gasteiger partial charge in [0.25, 0.3) is 0 Å². The molecule has 0 aromatic carbocycles. The summed E-state index contributed by atoms with van der Waals surface area (Å²) in [6, 6.07) is 2.15. The summed E-state index contributed by atoms with van der Waals surface area (Å²) in [7, 11) is 0. The Hall–Kier alpha value is -0.490. The van der Waals surface area contributed by atoms with Gasteiger partial charge in [-0.05, 0) is 12.1 Å². The van der Waals surface area contributed by atoms with E-state index in [9.17, 15) is 8.78 Å². The zero-order chi connectivity index (χ0) is 12.5. The van der Waals surface area contributed by atoms with Crippen LogP contribution in [-0.4, -0.2) is 30.9 Å². The Morgan fingerprint density at radius 1 is 1.24 bits per heavy atom. The predicted octanol–water partition coefficient (Wildman–Crippen LogP) is 2.90. The zero-order valence-corrected chi connectivity index (χ0v) is 10.1. The molecular formula is C10H9Cl2F2NO2. The van der Waals surface area contributed by atoms with E-state index in [1.54, 1.807) is 0 Å². The number of alkyl halides is 2. The van der Waals surface area contributed by atoms with Gasteiger partial charge in [-0.2, -0.15) is 8.78 Å². The summed E-state index contributed by atoms with van der Waals surface area (Å²) in [5, 5.41) is -0.159. The minimum Gasteiger partial charge on any atom is -0.376 e. The topological polar surface area (TPSA) is 31.4 Å². The summed E-state index contributed by atoms with van der Waals surface area (Å²) in [6.07, 6.45) is -1.33. The van der Waals surface area contributed by atoms with E-state index < -0.39 is 12.0 Å². The third-order valence-corrected chi connectivity index (χ3v) is 2.76. The highest BCUT2D eigenvalue weighted by molar-refractivity contribution is 6.32. The zero-order valence-electron chi connectivity index (χ0n) is 8.63. The third-order valence-electron chi connectivity index (χ3n) is 2.37. The normalized spacial score (nSPS) is 21.5. The van der Waals surface area contributed by atoms with Crippen molar-refractivity contribution in [2.45, 2.75) is 12.0 Å². The highest BCUT2D eigenvalue weighted by atomic mass is 35.5. The van der Waals surface area contributed by atoms with Crippen molar-refractivity contribution in [2.24, 2.45) is 0 Å². The van der Waals surface area contributed by atoms with Gasteiger partial charge >= 0.3 is 5.92 Å². The van der Waals surface area contributed by atoms with Crippen LogP contribution >= 0.6 is 23.2 Å². The second-order valence-electron chi connectivity index (χ2n) is 3.56. The van der Waals surface area contributed by atoms with Crippen LogP contribution in [0.3, 0.4) is 0 Å². The summed E-state index contributed by atoms with van der Waals surface area (Å²) < 4.78 is 38.1. The van der Waals surface area contributed by atoms with E-state index in [0.717, 1.165) is 12.1 Å². The summed E-state index contributed by atoms with van der Waals surface area (Å²) in [6.45, 7) is 0.307. The average molecular weight is 284 g/mol. The van der Waals surface area contributed by atoms with Gasteiger partial charge in [0.2, 0.25) is 0 Å². The van der Waals surface area contributed by atoms with E-state index in [4.69, 9.17) is 32.7 Å². The molecule has 1 aromatic heterocycles. The Morgan fingerprint density at radius 2 is 1.88 bits per heavy atom. The van der Waals surface area contributed by atoms with Crippen LogP contribution in [0.25, 0.3) is 0 Å². The van der Waals surface area contributed by atoms with Crippen LogP contribution in [0.2, 0.25) is 10.3 Å². The number of rotatable bonds is 2. The van der Waals surface area contributed by atoms with Gasteiger partial charge in [0, 0.05) is 5.56 Å². The Labute approximate surface area is 107 Å². The molecular weight excluding hydrogens is 275 g/mol. The van der Waals surface area contributed by atoms with Crippen LogP contribution in [0.15, 0.2) is 12.1 Å². The molecule has 2 heterocycles. The molecule has 2 rings (SSSR count). The Balaban J connectivity index is 2.29. The lowest BCUT2D eigenvalue weighted by Gasteiger charge is -2.30. The van der Waals surface area contributed by atoms with E-state index in [0.29, 0.717) is 6.61 Å². The van der Waals surface area contributed by atoms with Crippen LogP contribution in [0.4, 0.5) is 8.78 Å². The first kappa shape index (κ1) is 13.0. The molecule has 1 fully saturated rings. The predicted molar refractivity (Wildman–Crippen MR) is 58.7 cm³/mol. The van der Waals surface area contributed by atoms with Gasteiger partial charge in [0.05, 0.1) is 19.8 Å². The van der Waals surface area contributed by atoms with Crippen molar-refractivity contribution < 1.29 is 18.3 Å². The molecule has 0 radical (unpaired) electrons. The Morgan fingerprint density at radius 3 is 2.41 bits per heavy atom. The van der Waals surface area contributed by atoms with Crippen LogP contribution in [0.5, 0.6) is 0 Å². The molecule has 0 saturated carbocycles. The SMILES string of the molecule is FC(F)(c1cc(Cl)nc(Cl)c1)C1COCCO1. The number of hydrogen-bond donors (Lipinski definition) is 0. The Kier molecular flexibility index (Phi) is 3.82. The van der Waals surface area contributed by atoms with Crippen molar-refractivity contribution in [3.63, 3.8) is 0 Å². The lowest BCUT2D eigenvalue weighted by Crippen LogP contribution is -2.41. The molecule has 0 N–H and O–H groups in total. The van der Waals surface area contributed by atoms with Crippen molar-refractivity contribution in [1.82, 2.24) is 4.98 Å². The van der Waals surface area contributed by atoms with Crippen molar-refractivity contribution in [3.8, 4) is 0 Å². The summed E-state index contributed by atoms with van der Waals surface area (Å²) >= 11 is 11.2. The number of nitrogens with zero attached hydrogens (tertiary/aromatic N) is 1. The van der Waals surface area contributed by atoms with Gasteiger partial charge in [-0.15, -0.1) is 0 Å². The van der Waals surface area contributed by atoms with Gasteiger partial charge in [-0.3, -0.25) is 0 Å². The molecule has 17 heavy (non-hydrogen) atoms. The van der Waals surface area contributed by atoms with E-state index >= 15 is 0 Å². The molecule has 1 atom stereocenters. The number of pyridine rings is 1. The van der Waals surface area contributed by atoms with Crippen LogP contribution in [0, 0.1) is 0 Å². The molecule has 0 bridgehead atoms. The molecule has 1 unspecified atom stereocenters. The van der Waals surface area contributed by atoms with Crippen LogP contribution in [-0.2, 0) is 15.4 Å². The van der Waals surface area contributed by atoms with E-state index in [1.165, 1.54) is 0 Å². The molecule has 3 nitrogen and oxygen atoms in total. The molecule has 1 aliphatic rings. The first-order valence-corrected chi connectivity index (χ1v) is 5.66. The van der Waals surface area contributed by atoms with Crippen molar-refractivity contribution in [1.29, 1.82) is 0 Å². The molecule has 0 amide bonds. The molecule has 1 aliphatic heterocycles. The monoisotopic (exact) mass is 283 g/mol. The van der Waals surface area contributed by atoms with Crippen molar-refractivity contribution in [3.05, 3.63) is 28.0 Å². The highest BCUT2D eigenvalue weighted by Crippen LogP contribution is 2.36. The molecule has 1 saturated heterocycles. The van der Waals surface area contributed by atoms with Crippen molar-refractivity contribution >= 4 is 23.2 Å². The molecule has 7 heteroatoms. The first-order chi connectivity index (χ1) is 8.00. The van der Waals surface area contributed by atoms with Gasteiger partial charge in [-0.25, -0.2) is 4.98 Å². The maximum absolute atomic E-state index is 14.1. The summed E-state index contributed by atoms with van der Waals surface area (Å²) in [5.74, 6) is -3.21.